The number of nitrogens with one attached hydrogen (secondary N) is 2. The molecule has 10 heteroatoms. The molecule has 0 fully saturated rings. The van der Waals surface area contributed by atoms with E-state index in [4.69, 9.17) is 9.15 Å². The van der Waals surface area contributed by atoms with Gasteiger partial charge in [0.15, 0.2) is 6.61 Å². The summed E-state index contributed by atoms with van der Waals surface area (Å²) in [4.78, 5) is 60.5. The van der Waals surface area contributed by atoms with Crippen molar-refractivity contribution in [3.8, 4) is 0 Å². The van der Waals surface area contributed by atoms with Crippen LogP contribution < -0.4 is 10.6 Å². The average molecular weight is 399 g/mol. The molecule has 1 aromatic heterocycles. The third-order valence-corrected chi connectivity index (χ3v) is 4.04. The summed E-state index contributed by atoms with van der Waals surface area (Å²) in [6.07, 6.45) is 1.43. The number of fused-ring (bicyclic) bond motifs is 1. The zero-order valence-corrected chi connectivity index (χ0v) is 15.2. The Bertz CT molecular complexity index is 952. The summed E-state index contributed by atoms with van der Waals surface area (Å²) in [6.45, 7) is -1.28. The van der Waals surface area contributed by atoms with Crippen LogP contribution in [0.2, 0.25) is 0 Å². The van der Waals surface area contributed by atoms with Gasteiger partial charge in [0.2, 0.25) is 5.91 Å². The van der Waals surface area contributed by atoms with Crippen LogP contribution in [0.25, 0.3) is 0 Å². The van der Waals surface area contributed by atoms with Crippen LogP contribution in [0.3, 0.4) is 0 Å². The molecule has 0 atom stereocenters. The van der Waals surface area contributed by atoms with Gasteiger partial charge in [-0.3, -0.25) is 29.4 Å². The molecule has 10 nitrogen and oxygen atoms in total. The van der Waals surface area contributed by atoms with E-state index < -0.39 is 42.9 Å². The Morgan fingerprint density at radius 2 is 1.90 bits per heavy atom. The van der Waals surface area contributed by atoms with Crippen molar-refractivity contribution in [3.05, 3.63) is 59.5 Å². The second-order valence-electron chi connectivity index (χ2n) is 6.09. The highest BCUT2D eigenvalue weighted by molar-refractivity contribution is 6.11. The smallest absolute Gasteiger partial charge is 0.326 e. The summed E-state index contributed by atoms with van der Waals surface area (Å²) in [6, 6.07) is 9.11. The highest BCUT2D eigenvalue weighted by Gasteiger charge is 2.32. The van der Waals surface area contributed by atoms with Crippen molar-refractivity contribution in [3.63, 3.8) is 0 Å². The molecule has 0 bridgehead atoms. The number of imide groups is 2. The molecule has 1 aliphatic heterocycles. The molecule has 0 spiro atoms. The van der Waals surface area contributed by atoms with Crippen molar-refractivity contribution in [2.45, 2.75) is 13.0 Å². The summed E-state index contributed by atoms with van der Waals surface area (Å²) >= 11 is 0. The van der Waals surface area contributed by atoms with Crippen LogP contribution in [-0.4, -0.2) is 47.8 Å². The summed E-state index contributed by atoms with van der Waals surface area (Å²) in [5.74, 6) is -2.45. The fourth-order valence-corrected chi connectivity index (χ4v) is 2.67. The summed E-state index contributed by atoms with van der Waals surface area (Å²) in [5.41, 5.74) is 0.929. The largest absolute Gasteiger partial charge is 0.467 e. The lowest BCUT2D eigenvalue weighted by Gasteiger charge is -2.25. The lowest BCUT2D eigenvalue weighted by Crippen LogP contribution is -2.46. The molecule has 1 aromatic carbocycles. The first-order chi connectivity index (χ1) is 13.9. The van der Waals surface area contributed by atoms with Crippen LogP contribution in [0.4, 0.5) is 4.79 Å². The van der Waals surface area contributed by atoms with Gasteiger partial charge in [-0.25, -0.2) is 4.79 Å². The van der Waals surface area contributed by atoms with E-state index in [2.05, 4.69) is 5.32 Å². The van der Waals surface area contributed by atoms with E-state index >= 15 is 0 Å². The molecule has 2 heterocycles. The molecule has 5 amide bonds. The number of ether oxygens (including phenoxy) is 1. The lowest BCUT2D eigenvalue weighted by atomic mass is 9.98. The number of carbonyl (C=O) groups is 5. The van der Waals surface area contributed by atoms with Crippen molar-refractivity contribution >= 4 is 29.7 Å². The summed E-state index contributed by atoms with van der Waals surface area (Å²) in [5, 5.41) is 4.36. The second kappa shape index (κ2) is 8.83. The maximum absolute atomic E-state index is 12.4. The molecule has 29 heavy (non-hydrogen) atoms. The topological polar surface area (TPSA) is 135 Å². The number of urea groups is 1. The van der Waals surface area contributed by atoms with Crippen LogP contribution in [0.15, 0.2) is 47.1 Å². The predicted octanol–water partition coefficient (Wildman–Crippen LogP) is 0.374. The van der Waals surface area contributed by atoms with Gasteiger partial charge in [-0.15, -0.1) is 0 Å². The van der Waals surface area contributed by atoms with Gasteiger partial charge in [-0.05, 0) is 23.8 Å². The molecular formula is C19H17N3O7. The normalized spacial score (nSPS) is 12.9. The Morgan fingerprint density at radius 3 is 2.66 bits per heavy atom. The van der Waals surface area contributed by atoms with E-state index in [1.54, 1.807) is 36.4 Å². The van der Waals surface area contributed by atoms with Crippen LogP contribution in [-0.2, 0) is 32.1 Å². The zero-order valence-electron chi connectivity index (χ0n) is 15.2. The van der Waals surface area contributed by atoms with Gasteiger partial charge in [0.05, 0.1) is 19.2 Å². The number of benzene rings is 1. The van der Waals surface area contributed by atoms with Crippen molar-refractivity contribution in [2.75, 3.05) is 13.2 Å². The quantitative estimate of drug-likeness (QED) is 0.529. The van der Waals surface area contributed by atoms with Crippen molar-refractivity contribution in [1.82, 2.24) is 15.5 Å². The summed E-state index contributed by atoms with van der Waals surface area (Å²) in [7, 11) is 0. The molecule has 0 saturated carbocycles. The van der Waals surface area contributed by atoms with Gasteiger partial charge in [0.1, 0.15) is 12.3 Å². The Morgan fingerprint density at radius 1 is 1.10 bits per heavy atom. The molecule has 0 radical (unpaired) electrons. The first-order valence-electron chi connectivity index (χ1n) is 8.62. The van der Waals surface area contributed by atoms with Crippen molar-refractivity contribution in [1.29, 1.82) is 0 Å². The first kappa shape index (κ1) is 19.8. The van der Waals surface area contributed by atoms with Crippen LogP contribution in [0, 0.1) is 0 Å². The Labute approximate surface area is 164 Å². The average Bonchev–Trinajstić information content (AvgIpc) is 3.22. The fourth-order valence-electron chi connectivity index (χ4n) is 2.67. The maximum atomic E-state index is 12.4. The number of amides is 5. The van der Waals surface area contributed by atoms with Gasteiger partial charge in [-0.2, -0.15) is 0 Å². The van der Waals surface area contributed by atoms with Gasteiger partial charge >= 0.3 is 12.0 Å². The number of hydrogen-bond donors (Lipinski definition) is 2. The highest BCUT2D eigenvalue weighted by atomic mass is 16.5. The number of furan rings is 1. The van der Waals surface area contributed by atoms with Crippen LogP contribution >= 0.6 is 0 Å². The van der Waals surface area contributed by atoms with Gasteiger partial charge < -0.3 is 14.5 Å². The second-order valence-corrected chi connectivity index (χ2v) is 6.09. The molecule has 0 saturated heterocycles. The third-order valence-electron chi connectivity index (χ3n) is 4.04. The number of hydrogen-bond acceptors (Lipinski definition) is 7. The van der Waals surface area contributed by atoms with E-state index in [1.165, 1.54) is 6.26 Å². The molecule has 2 aromatic rings. The van der Waals surface area contributed by atoms with Crippen molar-refractivity contribution < 1.29 is 33.1 Å². The van der Waals surface area contributed by atoms with Gasteiger partial charge in [0.25, 0.3) is 11.8 Å². The molecule has 2 N–H and O–H groups in total. The van der Waals surface area contributed by atoms with E-state index in [1.807, 2.05) is 5.32 Å². The number of esters is 1. The monoisotopic (exact) mass is 399 g/mol. The van der Waals surface area contributed by atoms with Crippen LogP contribution in [0.1, 0.15) is 21.7 Å². The highest BCUT2D eigenvalue weighted by Crippen LogP contribution is 2.19. The Balaban J connectivity index is 1.43. The molecular weight excluding hydrogens is 382 g/mol. The molecule has 150 valence electrons. The van der Waals surface area contributed by atoms with Crippen LogP contribution in [0.5, 0.6) is 0 Å². The molecule has 0 unspecified atom stereocenters. The Kier molecular flexibility index (Phi) is 6.03. The first-order valence-corrected chi connectivity index (χ1v) is 8.62. The minimum absolute atomic E-state index is 0.00841. The summed E-state index contributed by atoms with van der Waals surface area (Å²) < 4.78 is 9.77. The molecule has 1 aliphatic rings. The lowest BCUT2D eigenvalue weighted by molar-refractivity contribution is -0.151. The standard InChI is InChI=1S/C19H17N3O7/c23-15(21-19(27)20-9-13-5-3-7-28-13)11-29-17(25)10-22-16(24)8-12-4-1-2-6-14(12)18(22)26/h1-7H,8-11H2,(H2,20,21,23,27). The minimum atomic E-state index is -0.947. The van der Waals surface area contributed by atoms with E-state index in [-0.39, 0.29) is 13.0 Å². The molecule has 0 aliphatic carbocycles. The maximum Gasteiger partial charge on any atom is 0.326 e. The molecule has 3 rings (SSSR count). The minimum Gasteiger partial charge on any atom is -0.467 e. The zero-order chi connectivity index (χ0) is 20.8. The predicted molar refractivity (Wildman–Crippen MR) is 96.2 cm³/mol. The fraction of sp³-hybridized carbons (Fsp3) is 0.211. The van der Waals surface area contributed by atoms with E-state index in [0.717, 1.165) is 4.90 Å². The number of carbonyl (C=O) groups excluding carboxylic acids is 5. The van der Waals surface area contributed by atoms with Crippen molar-refractivity contribution in [2.24, 2.45) is 0 Å². The SMILES string of the molecule is O=C(COC(=O)CN1C(=O)Cc2ccccc2C1=O)NC(=O)NCc1ccco1. The Hall–Kier alpha value is -3.95. The van der Waals surface area contributed by atoms with E-state index in [0.29, 0.717) is 16.9 Å². The third kappa shape index (κ3) is 5.06. The van der Waals surface area contributed by atoms with Gasteiger partial charge in [0, 0.05) is 5.56 Å². The van der Waals surface area contributed by atoms with E-state index in [9.17, 15) is 24.0 Å². The van der Waals surface area contributed by atoms with Gasteiger partial charge in [-0.1, -0.05) is 18.2 Å². The number of nitrogens with zero attached hydrogens (tertiary/aromatic N) is 1. The number of rotatable bonds is 6.